The Morgan fingerprint density at radius 1 is 1.19 bits per heavy atom. The molecule has 1 aliphatic rings. The Morgan fingerprint density at radius 2 is 1.96 bits per heavy atom. The van der Waals surface area contributed by atoms with Gasteiger partial charge in [-0.25, -0.2) is 0 Å². The summed E-state index contributed by atoms with van der Waals surface area (Å²) in [6.07, 6.45) is 0. The van der Waals surface area contributed by atoms with E-state index in [0.717, 1.165) is 0 Å². The number of hydrogen-bond acceptors (Lipinski definition) is 7. The van der Waals surface area contributed by atoms with Gasteiger partial charge >= 0.3 is 5.69 Å². The summed E-state index contributed by atoms with van der Waals surface area (Å²) in [5.74, 6) is 1.14. The number of carbonyl (C=O) groups excluding carboxylic acids is 1. The van der Waals surface area contributed by atoms with E-state index in [1.165, 1.54) is 25.3 Å². The number of hydrogen-bond donors (Lipinski definition) is 1. The fourth-order valence-corrected chi connectivity index (χ4v) is 2.37. The monoisotopic (exact) mass is 360 g/mol. The van der Waals surface area contributed by atoms with Gasteiger partial charge in [0, 0.05) is 23.9 Å². The van der Waals surface area contributed by atoms with Crippen LogP contribution in [0.15, 0.2) is 36.4 Å². The molecule has 3 rings (SSSR count). The predicted molar refractivity (Wildman–Crippen MR) is 91.2 cm³/mol. The molecule has 0 aliphatic carbocycles. The minimum atomic E-state index is -0.558. The third-order valence-electron chi connectivity index (χ3n) is 3.54. The van der Waals surface area contributed by atoms with Crippen molar-refractivity contribution >= 4 is 17.3 Å². The number of ether oxygens (including phenoxy) is 4. The van der Waals surface area contributed by atoms with Gasteiger partial charge in [0.25, 0.3) is 5.91 Å². The molecule has 0 spiro atoms. The highest BCUT2D eigenvalue weighted by Crippen LogP contribution is 2.33. The molecule has 0 fully saturated rings. The van der Waals surface area contributed by atoms with E-state index in [2.05, 4.69) is 5.32 Å². The van der Waals surface area contributed by atoms with Gasteiger partial charge in [0.1, 0.15) is 19.0 Å². The first-order valence-corrected chi connectivity index (χ1v) is 7.71. The zero-order valence-electron chi connectivity index (χ0n) is 13.9. The van der Waals surface area contributed by atoms with E-state index in [-0.39, 0.29) is 29.7 Å². The van der Waals surface area contributed by atoms with Gasteiger partial charge < -0.3 is 24.3 Å². The molecule has 1 N–H and O–H groups in total. The van der Waals surface area contributed by atoms with Crippen LogP contribution in [0, 0.1) is 10.1 Å². The van der Waals surface area contributed by atoms with E-state index in [1.807, 2.05) is 0 Å². The number of rotatable bonds is 6. The molecule has 2 aromatic carbocycles. The Bertz CT molecular complexity index is 838. The third kappa shape index (κ3) is 3.94. The maximum absolute atomic E-state index is 12.0. The Labute approximate surface area is 148 Å². The van der Waals surface area contributed by atoms with Gasteiger partial charge in [-0.2, -0.15) is 0 Å². The van der Waals surface area contributed by atoms with Crippen molar-refractivity contribution in [3.8, 4) is 23.0 Å². The summed E-state index contributed by atoms with van der Waals surface area (Å²) in [6, 6.07) is 9.09. The number of carbonyl (C=O) groups is 1. The van der Waals surface area contributed by atoms with Gasteiger partial charge in [-0.15, -0.1) is 0 Å². The number of nitro groups is 1. The van der Waals surface area contributed by atoms with E-state index in [1.54, 1.807) is 18.2 Å². The molecule has 1 amide bonds. The maximum atomic E-state index is 12.0. The average Bonchev–Trinajstić information content (AvgIpc) is 2.66. The van der Waals surface area contributed by atoms with Crippen molar-refractivity contribution in [1.82, 2.24) is 0 Å². The van der Waals surface area contributed by atoms with Crippen LogP contribution in [0.4, 0.5) is 11.4 Å². The summed E-state index contributed by atoms with van der Waals surface area (Å²) in [5.41, 5.74) is 0.365. The molecular weight excluding hydrogens is 344 g/mol. The largest absolute Gasteiger partial charge is 0.490 e. The third-order valence-corrected chi connectivity index (χ3v) is 3.54. The number of nitro benzene ring substituents is 1. The van der Waals surface area contributed by atoms with Crippen molar-refractivity contribution in [2.75, 3.05) is 32.2 Å². The van der Waals surface area contributed by atoms with E-state index in [0.29, 0.717) is 30.4 Å². The van der Waals surface area contributed by atoms with Crippen molar-refractivity contribution in [1.29, 1.82) is 0 Å². The van der Waals surface area contributed by atoms with Gasteiger partial charge in [-0.1, -0.05) is 0 Å². The number of nitrogens with zero attached hydrogens (tertiary/aromatic N) is 1. The minimum Gasteiger partial charge on any atom is -0.490 e. The van der Waals surface area contributed by atoms with Crippen LogP contribution in [0.3, 0.4) is 0 Å². The van der Waals surface area contributed by atoms with Crippen LogP contribution < -0.4 is 24.3 Å². The molecular formula is C17H16N2O7. The van der Waals surface area contributed by atoms with Crippen molar-refractivity contribution in [3.63, 3.8) is 0 Å². The Morgan fingerprint density at radius 3 is 2.69 bits per heavy atom. The lowest BCUT2D eigenvalue weighted by molar-refractivity contribution is -0.385. The van der Waals surface area contributed by atoms with Gasteiger partial charge in [-0.05, 0) is 18.2 Å². The van der Waals surface area contributed by atoms with E-state index < -0.39 is 4.92 Å². The number of fused-ring (bicyclic) bond motifs is 1. The first-order chi connectivity index (χ1) is 12.6. The maximum Gasteiger partial charge on any atom is 0.311 e. The predicted octanol–water partition coefficient (Wildman–Crippen LogP) is 2.39. The normalized spacial score (nSPS) is 12.2. The lowest BCUT2D eigenvalue weighted by Crippen LogP contribution is -2.20. The summed E-state index contributed by atoms with van der Waals surface area (Å²) in [7, 11) is 1.32. The van der Waals surface area contributed by atoms with Gasteiger partial charge in [0.2, 0.25) is 5.75 Å². The second kappa shape index (κ2) is 7.60. The summed E-state index contributed by atoms with van der Waals surface area (Å²) < 4.78 is 21.2. The molecule has 0 bridgehead atoms. The van der Waals surface area contributed by atoms with Crippen LogP contribution in [0.1, 0.15) is 0 Å². The van der Waals surface area contributed by atoms with Gasteiger partial charge in [0.15, 0.2) is 18.1 Å². The molecule has 0 saturated heterocycles. The van der Waals surface area contributed by atoms with Crippen molar-refractivity contribution < 1.29 is 28.7 Å². The highest BCUT2D eigenvalue weighted by Gasteiger charge is 2.16. The summed E-state index contributed by atoms with van der Waals surface area (Å²) >= 11 is 0. The number of amides is 1. The summed E-state index contributed by atoms with van der Waals surface area (Å²) in [4.78, 5) is 22.3. The number of nitrogens with one attached hydrogen (secondary N) is 1. The quantitative estimate of drug-likeness (QED) is 0.622. The van der Waals surface area contributed by atoms with Gasteiger partial charge in [-0.3, -0.25) is 14.9 Å². The zero-order valence-corrected chi connectivity index (χ0v) is 13.9. The molecule has 1 heterocycles. The van der Waals surface area contributed by atoms with Crippen LogP contribution in [0.25, 0.3) is 0 Å². The van der Waals surface area contributed by atoms with Crippen LogP contribution in [-0.2, 0) is 4.79 Å². The SMILES string of the molecule is COc1cc(OCC(=O)Nc2ccc3c(c2)OCCO3)ccc1[N+](=O)[O-]. The Balaban J connectivity index is 1.60. The zero-order chi connectivity index (χ0) is 18.5. The molecule has 2 aromatic rings. The molecule has 9 heteroatoms. The molecule has 0 radical (unpaired) electrons. The first kappa shape index (κ1) is 17.3. The molecule has 1 aliphatic heterocycles. The fourth-order valence-electron chi connectivity index (χ4n) is 2.37. The molecule has 9 nitrogen and oxygen atoms in total. The van der Waals surface area contributed by atoms with Crippen molar-refractivity contribution in [2.24, 2.45) is 0 Å². The van der Waals surface area contributed by atoms with E-state index in [9.17, 15) is 14.9 Å². The van der Waals surface area contributed by atoms with Crippen LogP contribution in [0.5, 0.6) is 23.0 Å². The first-order valence-electron chi connectivity index (χ1n) is 7.71. The van der Waals surface area contributed by atoms with Crippen LogP contribution in [-0.4, -0.2) is 37.8 Å². The van der Waals surface area contributed by atoms with E-state index in [4.69, 9.17) is 18.9 Å². The van der Waals surface area contributed by atoms with Crippen LogP contribution >= 0.6 is 0 Å². The average molecular weight is 360 g/mol. The fraction of sp³-hybridized carbons (Fsp3) is 0.235. The minimum absolute atomic E-state index is 0.0553. The molecule has 0 atom stereocenters. The lowest BCUT2D eigenvalue weighted by atomic mass is 10.2. The summed E-state index contributed by atoms with van der Waals surface area (Å²) in [6.45, 7) is 0.677. The lowest BCUT2D eigenvalue weighted by Gasteiger charge is -2.19. The molecule has 26 heavy (non-hydrogen) atoms. The highest BCUT2D eigenvalue weighted by molar-refractivity contribution is 5.92. The Hall–Kier alpha value is -3.49. The number of benzene rings is 2. The molecule has 0 unspecified atom stereocenters. The van der Waals surface area contributed by atoms with Crippen molar-refractivity contribution in [2.45, 2.75) is 0 Å². The molecule has 0 saturated carbocycles. The van der Waals surface area contributed by atoms with Gasteiger partial charge in [0.05, 0.1) is 12.0 Å². The standard InChI is InChI=1S/C17H16N2O7/c1-23-15-9-12(3-4-13(15)19(21)22)26-10-17(20)18-11-2-5-14-16(8-11)25-7-6-24-14/h2-5,8-9H,6-7,10H2,1H3,(H,18,20). The Kier molecular flexibility index (Phi) is 5.07. The van der Waals surface area contributed by atoms with Crippen LogP contribution in [0.2, 0.25) is 0 Å². The number of methoxy groups -OCH3 is 1. The van der Waals surface area contributed by atoms with E-state index >= 15 is 0 Å². The second-order valence-corrected chi connectivity index (χ2v) is 5.29. The highest BCUT2D eigenvalue weighted by atomic mass is 16.6. The summed E-state index contributed by atoms with van der Waals surface area (Å²) in [5, 5.41) is 13.5. The molecule has 0 aromatic heterocycles. The number of anilines is 1. The smallest absolute Gasteiger partial charge is 0.311 e. The topological polar surface area (TPSA) is 109 Å². The molecule has 136 valence electrons. The second-order valence-electron chi connectivity index (χ2n) is 5.29. The van der Waals surface area contributed by atoms with Crippen molar-refractivity contribution in [3.05, 3.63) is 46.5 Å².